The molecule has 5 nitrogen and oxygen atoms in total. The normalized spacial score (nSPS) is 10.8. The van der Waals surface area contributed by atoms with Crippen molar-refractivity contribution < 1.29 is 4.79 Å². The van der Waals surface area contributed by atoms with Crippen molar-refractivity contribution in [2.24, 2.45) is 5.73 Å². The number of halogens is 4. The van der Waals surface area contributed by atoms with E-state index in [9.17, 15) is 4.79 Å². The van der Waals surface area contributed by atoms with Gasteiger partial charge in [-0.15, -0.1) is 24.8 Å². The molecule has 20 heavy (non-hydrogen) atoms. The summed E-state index contributed by atoms with van der Waals surface area (Å²) in [5, 5.41) is 6.67. The largest absolute Gasteiger partial charge is 0.367 e. The second kappa shape index (κ2) is 11.2. The number of nitrogens with zero attached hydrogens (tertiary/aromatic N) is 1. The van der Waals surface area contributed by atoms with Gasteiger partial charge < -0.3 is 16.4 Å². The van der Waals surface area contributed by atoms with Crippen molar-refractivity contribution in [3.8, 4) is 0 Å². The van der Waals surface area contributed by atoms with Crippen LogP contribution >= 0.6 is 48.0 Å². The first-order valence-electron chi connectivity index (χ1n) is 5.56. The molecule has 1 heterocycles. The fraction of sp³-hybridized carbons (Fsp3) is 0.455. The van der Waals surface area contributed by atoms with Crippen LogP contribution in [0.1, 0.15) is 13.3 Å². The second-order valence-electron chi connectivity index (χ2n) is 3.94. The van der Waals surface area contributed by atoms with Crippen molar-refractivity contribution in [3.05, 3.63) is 22.3 Å². The standard InChI is InChI=1S/C11H16Cl2N4O.2ClH/c1-7(14)4-10(18)15-2-3-16-11-9(13)5-8(12)6-17-11;;/h5-7H,2-4,14H2,1H3,(H,15,18)(H,16,17);2*1H. The number of rotatable bonds is 6. The molecule has 9 heteroatoms. The van der Waals surface area contributed by atoms with Crippen molar-refractivity contribution in [2.75, 3.05) is 18.4 Å². The summed E-state index contributed by atoms with van der Waals surface area (Å²) in [4.78, 5) is 15.3. The Labute approximate surface area is 140 Å². The van der Waals surface area contributed by atoms with Crippen LogP contribution in [0.4, 0.5) is 5.82 Å². The van der Waals surface area contributed by atoms with E-state index >= 15 is 0 Å². The summed E-state index contributed by atoms with van der Waals surface area (Å²) in [7, 11) is 0. The Balaban J connectivity index is 0. The van der Waals surface area contributed by atoms with Gasteiger partial charge in [0.2, 0.25) is 5.91 Å². The van der Waals surface area contributed by atoms with Gasteiger partial charge in [0, 0.05) is 31.7 Å². The van der Waals surface area contributed by atoms with Gasteiger partial charge in [-0.25, -0.2) is 4.98 Å². The first kappa shape index (κ1) is 21.8. The van der Waals surface area contributed by atoms with Gasteiger partial charge in [0.1, 0.15) is 5.82 Å². The number of nitrogens with one attached hydrogen (secondary N) is 2. The molecule has 0 fully saturated rings. The maximum absolute atomic E-state index is 11.3. The van der Waals surface area contributed by atoms with E-state index in [0.717, 1.165) is 0 Å². The van der Waals surface area contributed by atoms with Crippen LogP contribution in [0, 0.1) is 0 Å². The first-order chi connectivity index (χ1) is 8.49. The summed E-state index contributed by atoms with van der Waals surface area (Å²) in [6.07, 6.45) is 1.82. The van der Waals surface area contributed by atoms with Gasteiger partial charge in [-0.05, 0) is 13.0 Å². The summed E-state index contributed by atoms with van der Waals surface area (Å²) < 4.78 is 0. The zero-order valence-corrected chi connectivity index (χ0v) is 14.0. The molecule has 0 aliphatic carbocycles. The number of hydrogen-bond donors (Lipinski definition) is 3. The number of carbonyl (C=O) groups excluding carboxylic acids is 1. The third-order valence-electron chi connectivity index (χ3n) is 2.05. The van der Waals surface area contributed by atoms with Gasteiger partial charge in [0.25, 0.3) is 0 Å². The topological polar surface area (TPSA) is 80.0 Å². The highest BCUT2D eigenvalue weighted by molar-refractivity contribution is 6.35. The number of hydrogen-bond acceptors (Lipinski definition) is 4. The van der Waals surface area contributed by atoms with E-state index in [2.05, 4.69) is 15.6 Å². The first-order valence-corrected chi connectivity index (χ1v) is 6.32. The summed E-state index contributed by atoms with van der Waals surface area (Å²) in [5.41, 5.74) is 5.51. The van der Waals surface area contributed by atoms with Crippen LogP contribution in [0.5, 0.6) is 0 Å². The molecule has 1 atom stereocenters. The summed E-state index contributed by atoms with van der Waals surface area (Å²) >= 11 is 11.7. The number of amides is 1. The molecule has 0 saturated heterocycles. The molecule has 0 bridgehead atoms. The average molecular weight is 364 g/mol. The molecule has 0 aliphatic heterocycles. The number of carbonyl (C=O) groups is 1. The SMILES string of the molecule is CC(N)CC(=O)NCCNc1ncc(Cl)cc1Cl.Cl.Cl. The van der Waals surface area contributed by atoms with Crippen molar-refractivity contribution in [2.45, 2.75) is 19.4 Å². The third-order valence-corrected chi connectivity index (χ3v) is 2.55. The lowest BCUT2D eigenvalue weighted by atomic mass is 10.2. The van der Waals surface area contributed by atoms with Gasteiger partial charge in [-0.3, -0.25) is 4.79 Å². The molecule has 1 amide bonds. The Hall–Kier alpha value is -0.460. The van der Waals surface area contributed by atoms with Crippen molar-refractivity contribution in [1.29, 1.82) is 0 Å². The van der Waals surface area contributed by atoms with E-state index in [4.69, 9.17) is 28.9 Å². The molecule has 0 saturated carbocycles. The van der Waals surface area contributed by atoms with E-state index in [-0.39, 0.29) is 36.8 Å². The lowest BCUT2D eigenvalue weighted by Gasteiger charge is -2.09. The molecule has 1 unspecified atom stereocenters. The van der Waals surface area contributed by atoms with Crippen molar-refractivity contribution >= 4 is 59.7 Å². The number of pyridine rings is 1. The number of anilines is 1. The van der Waals surface area contributed by atoms with Gasteiger partial charge >= 0.3 is 0 Å². The highest BCUT2D eigenvalue weighted by Crippen LogP contribution is 2.21. The van der Waals surface area contributed by atoms with Gasteiger partial charge in [0.05, 0.1) is 10.0 Å². The molecule has 1 rings (SSSR count). The molecule has 0 spiro atoms. The maximum atomic E-state index is 11.3. The zero-order chi connectivity index (χ0) is 13.5. The third kappa shape index (κ3) is 8.66. The van der Waals surface area contributed by atoms with Crippen molar-refractivity contribution in [3.63, 3.8) is 0 Å². The highest BCUT2D eigenvalue weighted by Gasteiger charge is 2.05. The minimum atomic E-state index is -0.134. The molecule has 4 N–H and O–H groups in total. The van der Waals surface area contributed by atoms with Gasteiger partial charge in [-0.1, -0.05) is 23.2 Å². The number of aromatic nitrogens is 1. The van der Waals surface area contributed by atoms with E-state index in [1.165, 1.54) is 6.20 Å². The minimum absolute atomic E-state index is 0. The zero-order valence-electron chi connectivity index (χ0n) is 10.9. The molecular formula is C11H18Cl4N4O. The summed E-state index contributed by atoms with van der Waals surface area (Å²) in [6.45, 7) is 2.79. The quantitative estimate of drug-likeness (QED) is 0.678. The van der Waals surface area contributed by atoms with E-state index in [1.807, 2.05) is 0 Å². The highest BCUT2D eigenvalue weighted by atomic mass is 35.5. The lowest BCUT2D eigenvalue weighted by molar-refractivity contribution is -0.121. The Kier molecular flexibility index (Phi) is 12.3. The fourth-order valence-corrected chi connectivity index (χ4v) is 1.74. The predicted molar refractivity (Wildman–Crippen MR) is 88.5 cm³/mol. The Morgan fingerprint density at radius 2 is 2.05 bits per heavy atom. The van der Waals surface area contributed by atoms with E-state index < -0.39 is 0 Å². The van der Waals surface area contributed by atoms with Crippen molar-refractivity contribution in [1.82, 2.24) is 10.3 Å². The van der Waals surface area contributed by atoms with Crippen LogP contribution in [0.25, 0.3) is 0 Å². The summed E-state index contributed by atoms with van der Waals surface area (Å²) in [6, 6.07) is 1.47. The minimum Gasteiger partial charge on any atom is -0.367 e. The molecule has 0 aliphatic rings. The van der Waals surface area contributed by atoms with Crippen LogP contribution in [0.2, 0.25) is 10.0 Å². The second-order valence-corrected chi connectivity index (χ2v) is 4.79. The smallest absolute Gasteiger partial charge is 0.221 e. The Morgan fingerprint density at radius 1 is 1.40 bits per heavy atom. The monoisotopic (exact) mass is 362 g/mol. The molecule has 1 aromatic rings. The van der Waals surface area contributed by atoms with Crippen LogP contribution < -0.4 is 16.4 Å². The molecule has 1 aromatic heterocycles. The van der Waals surface area contributed by atoms with Crippen LogP contribution in [-0.4, -0.2) is 30.0 Å². The Morgan fingerprint density at radius 3 is 2.60 bits per heavy atom. The lowest BCUT2D eigenvalue weighted by Crippen LogP contribution is -2.33. The number of nitrogens with two attached hydrogens (primary N) is 1. The van der Waals surface area contributed by atoms with Crippen LogP contribution in [0.3, 0.4) is 0 Å². The molecule has 116 valence electrons. The Bertz CT molecular complexity index is 417. The van der Waals surface area contributed by atoms with Gasteiger partial charge in [-0.2, -0.15) is 0 Å². The van der Waals surface area contributed by atoms with E-state index in [0.29, 0.717) is 35.4 Å². The average Bonchev–Trinajstić information content (AvgIpc) is 2.25. The molecule has 0 radical (unpaired) electrons. The fourth-order valence-electron chi connectivity index (χ4n) is 1.29. The molecular weight excluding hydrogens is 346 g/mol. The van der Waals surface area contributed by atoms with Gasteiger partial charge in [0.15, 0.2) is 0 Å². The predicted octanol–water partition coefficient (Wildman–Crippen LogP) is 2.50. The van der Waals surface area contributed by atoms with Crippen LogP contribution in [-0.2, 0) is 4.79 Å². The maximum Gasteiger partial charge on any atom is 0.221 e. The van der Waals surface area contributed by atoms with Crippen LogP contribution in [0.15, 0.2) is 12.3 Å². The molecule has 0 aromatic carbocycles. The van der Waals surface area contributed by atoms with E-state index in [1.54, 1.807) is 13.0 Å². The summed E-state index contributed by atoms with van der Waals surface area (Å²) in [5.74, 6) is 0.476.